The molecule has 3 aromatic rings. The van der Waals surface area contributed by atoms with Gasteiger partial charge in [0.15, 0.2) is 16.8 Å². The predicted molar refractivity (Wildman–Crippen MR) is 136 cm³/mol. The van der Waals surface area contributed by atoms with Gasteiger partial charge in [-0.15, -0.1) is 0 Å². The smallest absolute Gasteiger partial charge is 0.291 e. The number of hydrogen-bond acceptors (Lipinski definition) is 8. The summed E-state index contributed by atoms with van der Waals surface area (Å²) in [5, 5.41) is 3.31. The SMILES string of the molecule is COc1cc(N2CCOCC2)ccc1NC(=O)c1cc(=O)c2cccc(N3CCN(C)CC3)c2o1. The van der Waals surface area contributed by atoms with Crippen molar-refractivity contribution in [1.29, 1.82) is 0 Å². The number of para-hydroxylation sites is 1. The first kappa shape index (κ1) is 23.2. The average molecular weight is 479 g/mol. The van der Waals surface area contributed by atoms with Crippen LogP contribution in [-0.4, -0.2) is 77.4 Å². The maximum absolute atomic E-state index is 13.1. The van der Waals surface area contributed by atoms with Gasteiger partial charge in [-0.2, -0.15) is 0 Å². The molecule has 3 heterocycles. The summed E-state index contributed by atoms with van der Waals surface area (Å²) in [7, 11) is 3.65. The molecule has 0 atom stereocenters. The van der Waals surface area contributed by atoms with Crippen LogP contribution >= 0.6 is 0 Å². The van der Waals surface area contributed by atoms with Gasteiger partial charge in [-0.25, -0.2) is 0 Å². The lowest BCUT2D eigenvalue weighted by atomic mass is 10.1. The summed E-state index contributed by atoms with van der Waals surface area (Å²) in [6, 6.07) is 12.4. The molecule has 0 radical (unpaired) electrons. The van der Waals surface area contributed by atoms with Crippen molar-refractivity contribution in [3.8, 4) is 5.75 Å². The van der Waals surface area contributed by atoms with Crippen molar-refractivity contribution >= 4 is 33.9 Å². The van der Waals surface area contributed by atoms with Crippen LogP contribution in [0.3, 0.4) is 0 Å². The number of morpholine rings is 1. The lowest BCUT2D eigenvalue weighted by Crippen LogP contribution is -2.44. The molecule has 1 N–H and O–H groups in total. The van der Waals surface area contributed by atoms with Gasteiger partial charge in [-0.1, -0.05) is 6.07 Å². The zero-order valence-corrected chi connectivity index (χ0v) is 20.1. The highest BCUT2D eigenvalue weighted by Gasteiger charge is 2.21. The Morgan fingerprint density at radius 3 is 2.49 bits per heavy atom. The van der Waals surface area contributed by atoms with Crippen LogP contribution in [0.4, 0.5) is 17.1 Å². The maximum Gasteiger partial charge on any atom is 0.291 e. The van der Waals surface area contributed by atoms with E-state index in [9.17, 15) is 9.59 Å². The lowest BCUT2D eigenvalue weighted by molar-refractivity contribution is 0.0997. The van der Waals surface area contributed by atoms with Crippen molar-refractivity contribution in [2.24, 2.45) is 0 Å². The lowest BCUT2D eigenvalue weighted by Gasteiger charge is -2.34. The molecule has 0 unspecified atom stereocenters. The van der Waals surface area contributed by atoms with Gasteiger partial charge in [0, 0.05) is 57.1 Å². The van der Waals surface area contributed by atoms with Gasteiger partial charge in [0.25, 0.3) is 5.91 Å². The van der Waals surface area contributed by atoms with Crippen molar-refractivity contribution in [3.63, 3.8) is 0 Å². The van der Waals surface area contributed by atoms with Gasteiger partial charge in [0.2, 0.25) is 0 Å². The van der Waals surface area contributed by atoms with E-state index in [0.29, 0.717) is 35.6 Å². The quantitative estimate of drug-likeness (QED) is 0.599. The molecule has 0 bridgehead atoms. The minimum absolute atomic E-state index is 0.0385. The van der Waals surface area contributed by atoms with Crippen molar-refractivity contribution in [2.75, 3.05) is 81.8 Å². The summed E-state index contributed by atoms with van der Waals surface area (Å²) < 4.78 is 17.0. The molecular weight excluding hydrogens is 448 g/mol. The van der Waals surface area contributed by atoms with Crippen molar-refractivity contribution < 1.29 is 18.7 Å². The number of benzene rings is 2. The maximum atomic E-state index is 13.1. The van der Waals surface area contributed by atoms with Gasteiger partial charge in [0.1, 0.15) is 5.75 Å². The molecule has 2 aliphatic heterocycles. The number of nitrogens with zero attached hydrogens (tertiary/aromatic N) is 3. The van der Waals surface area contributed by atoms with Crippen LogP contribution in [0.1, 0.15) is 10.6 Å². The van der Waals surface area contributed by atoms with Crippen LogP contribution in [0.15, 0.2) is 51.7 Å². The zero-order chi connectivity index (χ0) is 24.4. The molecule has 0 spiro atoms. The number of piperazine rings is 1. The van der Waals surface area contributed by atoms with Crippen LogP contribution < -0.4 is 25.3 Å². The van der Waals surface area contributed by atoms with E-state index in [-0.39, 0.29) is 11.2 Å². The summed E-state index contributed by atoms with van der Waals surface area (Å²) in [6.45, 7) is 6.43. The number of ether oxygens (including phenoxy) is 2. The third-order valence-electron chi connectivity index (χ3n) is 6.61. The molecule has 1 aromatic heterocycles. The molecule has 9 heteroatoms. The number of hydrogen-bond donors (Lipinski definition) is 1. The Kier molecular flexibility index (Phi) is 6.61. The van der Waals surface area contributed by atoms with E-state index < -0.39 is 5.91 Å². The molecule has 0 saturated carbocycles. The molecule has 2 fully saturated rings. The van der Waals surface area contributed by atoms with Gasteiger partial charge in [-0.3, -0.25) is 9.59 Å². The first-order chi connectivity index (χ1) is 17.0. The highest BCUT2D eigenvalue weighted by Crippen LogP contribution is 2.31. The van der Waals surface area contributed by atoms with E-state index in [1.165, 1.54) is 6.07 Å². The molecule has 35 heavy (non-hydrogen) atoms. The van der Waals surface area contributed by atoms with Crippen molar-refractivity contribution in [1.82, 2.24) is 4.90 Å². The Balaban J connectivity index is 1.43. The molecule has 1 amide bonds. The number of methoxy groups -OCH3 is 1. The summed E-state index contributed by atoms with van der Waals surface area (Å²) in [5.74, 6) is -0.0124. The first-order valence-electron chi connectivity index (χ1n) is 11.9. The minimum atomic E-state index is -0.505. The molecular formula is C26H30N4O5. The summed E-state index contributed by atoms with van der Waals surface area (Å²) in [4.78, 5) is 32.7. The Hall–Kier alpha value is -3.56. The minimum Gasteiger partial charge on any atom is -0.494 e. The van der Waals surface area contributed by atoms with E-state index in [1.807, 2.05) is 24.3 Å². The summed E-state index contributed by atoms with van der Waals surface area (Å²) in [6.07, 6.45) is 0. The largest absolute Gasteiger partial charge is 0.494 e. The number of amides is 1. The Morgan fingerprint density at radius 2 is 1.74 bits per heavy atom. The monoisotopic (exact) mass is 478 g/mol. The highest BCUT2D eigenvalue weighted by molar-refractivity contribution is 6.04. The van der Waals surface area contributed by atoms with Crippen LogP contribution in [0, 0.1) is 0 Å². The number of nitrogens with one attached hydrogen (secondary N) is 1. The fraction of sp³-hybridized carbons (Fsp3) is 0.385. The van der Waals surface area contributed by atoms with Crippen LogP contribution in [0.5, 0.6) is 5.75 Å². The van der Waals surface area contributed by atoms with Crippen LogP contribution in [0.2, 0.25) is 0 Å². The zero-order valence-electron chi connectivity index (χ0n) is 20.1. The molecule has 5 rings (SSSR count). The van der Waals surface area contributed by atoms with Crippen molar-refractivity contribution in [3.05, 3.63) is 58.4 Å². The van der Waals surface area contributed by atoms with E-state index in [4.69, 9.17) is 13.9 Å². The third kappa shape index (κ3) is 4.82. The van der Waals surface area contributed by atoms with Gasteiger partial charge >= 0.3 is 0 Å². The number of likely N-dealkylation sites (N-methyl/N-ethyl adjacent to an activating group) is 1. The normalized spacial score (nSPS) is 17.0. The second kappa shape index (κ2) is 9.97. The number of anilines is 3. The molecule has 0 aliphatic carbocycles. The molecule has 2 aliphatic rings. The topological polar surface area (TPSA) is 87.5 Å². The number of fused-ring (bicyclic) bond motifs is 1. The third-order valence-corrected chi connectivity index (χ3v) is 6.61. The van der Waals surface area contributed by atoms with Crippen molar-refractivity contribution in [2.45, 2.75) is 0 Å². The second-order valence-corrected chi connectivity index (χ2v) is 8.86. The van der Waals surface area contributed by atoms with Gasteiger partial charge < -0.3 is 33.9 Å². The van der Waals surface area contributed by atoms with Gasteiger partial charge in [-0.05, 0) is 31.3 Å². The fourth-order valence-electron chi connectivity index (χ4n) is 4.56. The number of rotatable bonds is 5. The highest BCUT2D eigenvalue weighted by atomic mass is 16.5. The van der Waals surface area contributed by atoms with E-state index in [0.717, 1.165) is 50.6 Å². The van der Waals surface area contributed by atoms with Crippen LogP contribution in [-0.2, 0) is 4.74 Å². The Morgan fingerprint density at radius 1 is 0.971 bits per heavy atom. The number of carbonyl (C=O) groups is 1. The molecule has 2 aromatic carbocycles. The molecule has 2 saturated heterocycles. The second-order valence-electron chi connectivity index (χ2n) is 8.86. The summed E-state index contributed by atoms with van der Waals surface area (Å²) in [5.41, 5.74) is 2.52. The average Bonchev–Trinajstić information content (AvgIpc) is 2.89. The Bertz CT molecular complexity index is 1280. The van der Waals surface area contributed by atoms with Gasteiger partial charge in [0.05, 0.1) is 37.1 Å². The molecule has 9 nitrogen and oxygen atoms in total. The standard InChI is InChI=1S/C26H30N4O5/c1-28-8-10-30(11-9-28)21-5-3-4-19-22(31)17-24(35-25(19)21)26(32)27-20-7-6-18(16-23(20)33-2)29-12-14-34-15-13-29/h3-7,16-17H,8-15H2,1-2H3,(H,27,32). The van der Waals surface area contributed by atoms with E-state index >= 15 is 0 Å². The molecule has 184 valence electrons. The van der Waals surface area contributed by atoms with E-state index in [1.54, 1.807) is 19.2 Å². The summed E-state index contributed by atoms with van der Waals surface area (Å²) >= 11 is 0. The predicted octanol–water partition coefficient (Wildman–Crippen LogP) is 2.64. The first-order valence-corrected chi connectivity index (χ1v) is 11.9. The fourth-order valence-corrected chi connectivity index (χ4v) is 4.56. The number of carbonyl (C=O) groups excluding carboxylic acids is 1. The Labute approximate surface area is 203 Å². The van der Waals surface area contributed by atoms with E-state index in [2.05, 4.69) is 27.1 Å². The van der Waals surface area contributed by atoms with Crippen LogP contribution in [0.25, 0.3) is 11.0 Å².